The fourth-order valence-electron chi connectivity index (χ4n) is 3.07. The zero-order valence-corrected chi connectivity index (χ0v) is 16.3. The summed E-state index contributed by atoms with van der Waals surface area (Å²) in [5.74, 6) is 0.0907. The summed E-state index contributed by atoms with van der Waals surface area (Å²) in [5, 5.41) is 0. The molecule has 0 saturated carbocycles. The van der Waals surface area contributed by atoms with Gasteiger partial charge in [-0.05, 0) is 56.5 Å². The number of halogens is 4. The van der Waals surface area contributed by atoms with Crippen molar-refractivity contribution >= 4 is 17.7 Å². The average molecular weight is 424 g/mol. The normalized spacial score (nSPS) is 26.7. The van der Waals surface area contributed by atoms with Crippen molar-refractivity contribution in [1.82, 2.24) is 4.84 Å². The van der Waals surface area contributed by atoms with Crippen LogP contribution in [0.25, 0.3) is 0 Å². The molecule has 1 saturated heterocycles. The monoisotopic (exact) mass is 423 g/mol. The molecular formula is C19H25ClF3NO4. The van der Waals surface area contributed by atoms with Crippen molar-refractivity contribution in [2.45, 2.75) is 69.6 Å². The van der Waals surface area contributed by atoms with E-state index in [1.807, 2.05) is 18.2 Å². The highest BCUT2D eigenvalue weighted by Gasteiger charge is 2.36. The number of hydrogen-bond acceptors (Lipinski definition) is 5. The number of rotatable bonds is 7. The van der Waals surface area contributed by atoms with Gasteiger partial charge in [-0.1, -0.05) is 18.2 Å². The number of benzene rings is 1. The molecule has 1 aliphatic heterocycles. The van der Waals surface area contributed by atoms with E-state index >= 15 is 0 Å². The van der Waals surface area contributed by atoms with Crippen LogP contribution in [0, 0.1) is 0 Å². The summed E-state index contributed by atoms with van der Waals surface area (Å²) < 4.78 is 54.4. The van der Waals surface area contributed by atoms with Crippen molar-refractivity contribution in [3.63, 3.8) is 0 Å². The second-order valence-electron chi connectivity index (χ2n) is 6.76. The van der Waals surface area contributed by atoms with Gasteiger partial charge in [-0.15, -0.1) is 0 Å². The molecule has 4 atom stereocenters. The maximum Gasteiger partial charge on any atom is 0.389 e. The number of para-hydroxylation sites is 1. The molecular weight excluding hydrogens is 399 g/mol. The standard InChI is InChI=1S/C19H25ClF3NO4/c1-13-17(26-12-6-11-19(21,22)23)16(28-14-7-3-2-4-8-14)10-5-9-15(24-20)18(25)27-13/h2-4,7-8,13,15-17,24H,5-6,9-12H2,1H3/t13-,15-,16-,17-/m0/s1. The fourth-order valence-corrected chi connectivity index (χ4v) is 3.27. The first-order valence-corrected chi connectivity index (χ1v) is 9.64. The molecule has 0 unspecified atom stereocenters. The largest absolute Gasteiger partial charge is 0.488 e. The average Bonchev–Trinajstić information content (AvgIpc) is 2.68. The number of alkyl halides is 3. The first-order valence-electron chi connectivity index (χ1n) is 9.27. The lowest BCUT2D eigenvalue weighted by atomic mass is 10.0. The molecule has 0 aliphatic carbocycles. The van der Waals surface area contributed by atoms with E-state index in [-0.39, 0.29) is 13.0 Å². The van der Waals surface area contributed by atoms with E-state index in [4.69, 9.17) is 26.0 Å². The Kier molecular flexibility index (Phi) is 8.85. The lowest BCUT2D eigenvalue weighted by Crippen LogP contribution is -2.44. The van der Waals surface area contributed by atoms with Crippen molar-refractivity contribution in [2.75, 3.05) is 6.61 Å². The summed E-state index contributed by atoms with van der Waals surface area (Å²) in [4.78, 5) is 14.6. The van der Waals surface area contributed by atoms with Gasteiger partial charge in [0.25, 0.3) is 0 Å². The fraction of sp³-hybridized carbons (Fsp3) is 0.632. The second kappa shape index (κ2) is 10.9. The molecule has 1 N–H and O–H groups in total. The minimum absolute atomic E-state index is 0.113. The minimum Gasteiger partial charge on any atom is -0.488 e. The summed E-state index contributed by atoms with van der Waals surface area (Å²) >= 11 is 5.63. The summed E-state index contributed by atoms with van der Waals surface area (Å²) in [6.07, 6.45) is -5.65. The Labute approximate surface area is 167 Å². The van der Waals surface area contributed by atoms with Gasteiger partial charge in [0.1, 0.15) is 30.1 Å². The molecule has 0 bridgehead atoms. The molecule has 1 aromatic rings. The van der Waals surface area contributed by atoms with E-state index in [1.165, 1.54) is 0 Å². The van der Waals surface area contributed by atoms with Crippen LogP contribution in [0.1, 0.15) is 39.0 Å². The Bertz CT molecular complexity index is 603. The number of ether oxygens (including phenoxy) is 3. The van der Waals surface area contributed by atoms with E-state index < -0.39 is 42.9 Å². The van der Waals surface area contributed by atoms with E-state index in [0.29, 0.717) is 25.0 Å². The van der Waals surface area contributed by atoms with Crippen molar-refractivity contribution in [3.05, 3.63) is 30.3 Å². The summed E-state index contributed by atoms with van der Waals surface area (Å²) in [6.45, 7) is 1.53. The van der Waals surface area contributed by atoms with Crippen molar-refractivity contribution in [1.29, 1.82) is 0 Å². The minimum atomic E-state index is -4.24. The molecule has 0 spiro atoms. The van der Waals surface area contributed by atoms with Gasteiger partial charge < -0.3 is 14.2 Å². The van der Waals surface area contributed by atoms with Crippen molar-refractivity contribution in [2.24, 2.45) is 0 Å². The van der Waals surface area contributed by atoms with Crippen LogP contribution in [0.15, 0.2) is 30.3 Å². The Morgan fingerprint density at radius 2 is 1.96 bits per heavy atom. The molecule has 1 heterocycles. The molecule has 1 fully saturated rings. The van der Waals surface area contributed by atoms with Gasteiger partial charge in [0, 0.05) is 13.0 Å². The van der Waals surface area contributed by atoms with Crippen LogP contribution in [-0.4, -0.2) is 43.1 Å². The number of esters is 1. The maximum atomic E-state index is 12.4. The molecule has 0 aromatic heterocycles. The first-order chi connectivity index (χ1) is 13.3. The van der Waals surface area contributed by atoms with Crippen LogP contribution in [0.5, 0.6) is 5.75 Å². The molecule has 0 radical (unpaired) electrons. The summed E-state index contributed by atoms with van der Waals surface area (Å²) in [6, 6.07) is 8.40. The van der Waals surface area contributed by atoms with Gasteiger partial charge in [-0.25, -0.2) is 4.84 Å². The Hall–Kier alpha value is -1.51. The number of hydrogen-bond donors (Lipinski definition) is 1. The predicted molar refractivity (Wildman–Crippen MR) is 98.1 cm³/mol. The summed E-state index contributed by atoms with van der Waals surface area (Å²) in [5.41, 5.74) is 0. The Morgan fingerprint density at radius 1 is 1.25 bits per heavy atom. The van der Waals surface area contributed by atoms with Crippen molar-refractivity contribution < 1.29 is 32.2 Å². The number of carbonyl (C=O) groups excluding carboxylic acids is 1. The third kappa shape index (κ3) is 7.48. The number of nitrogens with one attached hydrogen (secondary N) is 1. The molecule has 9 heteroatoms. The predicted octanol–water partition coefficient (Wildman–Crippen LogP) is 4.39. The Balaban J connectivity index is 2.11. The smallest absolute Gasteiger partial charge is 0.389 e. The van der Waals surface area contributed by atoms with Crippen molar-refractivity contribution in [3.8, 4) is 5.75 Å². The molecule has 1 aliphatic rings. The highest BCUT2D eigenvalue weighted by molar-refractivity contribution is 6.14. The molecule has 2 rings (SSSR count). The SMILES string of the molecule is C[C@@H]1OC(=O)[C@@H](NCl)CCC[C@H](Oc2ccccc2)[C@H]1OCCCC(F)(F)F. The van der Waals surface area contributed by atoms with Crippen LogP contribution in [0.4, 0.5) is 13.2 Å². The van der Waals surface area contributed by atoms with E-state index in [2.05, 4.69) is 4.84 Å². The van der Waals surface area contributed by atoms with Crippen LogP contribution in [0.2, 0.25) is 0 Å². The highest BCUT2D eigenvalue weighted by atomic mass is 35.5. The zero-order valence-electron chi connectivity index (χ0n) is 15.6. The third-order valence-corrected chi connectivity index (χ3v) is 4.74. The zero-order chi connectivity index (χ0) is 20.6. The first kappa shape index (κ1) is 22.8. The van der Waals surface area contributed by atoms with Crippen LogP contribution >= 0.6 is 11.8 Å². The molecule has 0 amide bonds. The van der Waals surface area contributed by atoms with Crippen LogP contribution in [-0.2, 0) is 14.3 Å². The van der Waals surface area contributed by atoms with Crippen LogP contribution in [0.3, 0.4) is 0 Å². The third-order valence-electron chi connectivity index (χ3n) is 4.47. The van der Waals surface area contributed by atoms with Gasteiger partial charge in [0.15, 0.2) is 0 Å². The molecule has 5 nitrogen and oxygen atoms in total. The molecule has 158 valence electrons. The lowest BCUT2D eigenvalue weighted by molar-refractivity contribution is -0.164. The quantitative estimate of drug-likeness (QED) is 0.400. The topological polar surface area (TPSA) is 56.8 Å². The van der Waals surface area contributed by atoms with Gasteiger partial charge in [0.05, 0.1) is 0 Å². The van der Waals surface area contributed by atoms with Gasteiger partial charge >= 0.3 is 12.1 Å². The maximum absolute atomic E-state index is 12.4. The van der Waals surface area contributed by atoms with Gasteiger partial charge in [0.2, 0.25) is 0 Å². The summed E-state index contributed by atoms with van der Waals surface area (Å²) in [7, 11) is 0. The van der Waals surface area contributed by atoms with Gasteiger partial charge in [-0.2, -0.15) is 13.2 Å². The van der Waals surface area contributed by atoms with E-state index in [9.17, 15) is 18.0 Å². The number of cyclic esters (lactones) is 1. The second-order valence-corrected chi connectivity index (χ2v) is 6.98. The van der Waals surface area contributed by atoms with Crippen LogP contribution < -0.4 is 9.57 Å². The highest BCUT2D eigenvalue weighted by Crippen LogP contribution is 2.25. The molecule has 1 aromatic carbocycles. The number of carbonyl (C=O) groups is 1. The molecule has 28 heavy (non-hydrogen) atoms. The lowest BCUT2D eigenvalue weighted by Gasteiger charge is -2.31. The van der Waals surface area contributed by atoms with E-state index in [0.717, 1.165) is 0 Å². The Morgan fingerprint density at radius 3 is 2.61 bits per heavy atom. The van der Waals surface area contributed by atoms with E-state index in [1.54, 1.807) is 19.1 Å². The van der Waals surface area contributed by atoms with Gasteiger partial charge in [-0.3, -0.25) is 4.79 Å².